The molecule has 4 rings (SSSR count). The van der Waals surface area contributed by atoms with Crippen LogP contribution >= 0.6 is 11.3 Å². The molecule has 3 aromatic rings. The van der Waals surface area contributed by atoms with Crippen molar-refractivity contribution in [3.05, 3.63) is 58.1 Å². The Morgan fingerprint density at radius 2 is 2.07 bits per heavy atom. The highest BCUT2D eigenvalue weighted by Crippen LogP contribution is 2.33. The smallest absolute Gasteiger partial charge is 0.337 e. The van der Waals surface area contributed by atoms with Crippen LogP contribution in [0.2, 0.25) is 0 Å². The Bertz CT molecular complexity index is 931. The molecule has 1 fully saturated rings. The second-order valence-electron chi connectivity index (χ2n) is 7.15. The zero-order chi connectivity index (χ0) is 20.2. The molecule has 3 heterocycles. The molecule has 152 valence electrons. The number of ether oxygens (including phenoxy) is 1. The summed E-state index contributed by atoms with van der Waals surface area (Å²) in [5.74, 6) is 0.975. The third-order valence-corrected chi connectivity index (χ3v) is 6.25. The largest absolute Gasteiger partial charge is 0.465 e. The minimum Gasteiger partial charge on any atom is -0.465 e. The first kappa shape index (κ1) is 19.8. The number of aromatic nitrogens is 2. The molecule has 0 amide bonds. The number of hydrogen-bond acceptors (Lipinski definition) is 8. The van der Waals surface area contributed by atoms with Crippen LogP contribution in [0.4, 0.5) is 0 Å². The number of rotatable bonds is 6. The molecule has 8 heteroatoms. The van der Waals surface area contributed by atoms with Gasteiger partial charge in [0, 0.05) is 10.4 Å². The van der Waals surface area contributed by atoms with Crippen LogP contribution in [0.25, 0.3) is 11.4 Å². The molecule has 1 aromatic carbocycles. The monoisotopic (exact) mass is 413 g/mol. The van der Waals surface area contributed by atoms with Gasteiger partial charge in [0.15, 0.2) is 0 Å². The van der Waals surface area contributed by atoms with Crippen LogP contribution in [-0.4, -0.2) is 46.3 Å². The number of nitrogens with zero attached hydrogens (tertiary/aromatic N) is 3. The fourth-order valence-corrected chi connectivity index (χ4v) is 4.42. The van der Waals surface area contributed by atoms with Crippen molar-refractivity contribution in [2.24, 2.45) is 5.92 Å². The van der Waals surface area contributed by atoms with Crippen molar-refractivity contribution in [3.63, 3.8) is 0 Å². The van der Waals surface area contributed by atoms with Crippen LogP contribution in [0.15, 0.2) is 46.3 Å². The zero-order valence-corrected chi connectivity index (χ0v) is 17.0. The van der Waals surface area contributed by atoms with E-state index in [0.29, 0.717) is 23.8 Å². The van der Waals surface area contributed by atoms with Gasteiger partial charge in [-0.15, -0.1) is 11.3 Å². The lowest BCUT2D eigenvalue weighted by atomic mass is 9.90. The van der Waals surface area contributed by atoms with E-state index in [2.05, 4.69) is 15.0 Å². The lowest BCUT2D eigenvalue weighted by Gasteiger charge is -2.33. The quantitative estimate of drug-likeness (QED) is 0.619. The SMILES string of the molecule is COC(=O)c1ccc(-c2noc(CN3CCC([C@@H](O)c4cccs4)CC3)n2)cc1. The first-order chi connectivity index (χ1) is 14.1. The normalized spacial score (nSPS) is 16.6. The number of benzene rings is 1. The van der Waals surface area contributed by atoms with Gasteiger partial charge in [-0.05, 0) is 55.4 Å². The van der Waals surface area contributed by atoms with Crippen molar-refractivity contribution in [1.82, 2.24) is 15.0 Å². The summed E-state index contributed by atoms with van der Waals surface area (Å²) >= 11 is 1.61. The molecule has 1 aliphatic heterocycles. The third-order valence-electron chi connectivity index (χ3n) is 5.30. The molecular formula is C21H23N3O4S. The van der Waals surface area contributed by atoms with Crippen molar-refractivity contribution >= 4 is 17.3 Å². The molecule has 0 spiro atoms. The van der Waals surface area contributed by atoms with Crippen LogP contribution < -0.4 is 0 Å². The maximum absolute atomic E-state index is 11.5. The van der Waals surface area contributed by atoms with Gasteiger partial charge in [0.2, 0.25) is 11.7 Å². The van der Waals surface area contributed by atoms with E-state index < -0.39 is 0 Å². The number of carbonyl (C=O) groups is 1. The first-order valence-electron chi connectivity index (χ1n) is 9.59. The van der Waals surface area contributed by atoms with Gasteiger partial charge in [-0.3, -0.25) is 4.90 Å². The average Bonchev–Trinajstić information content (AvgIpc) is 3.46. The lowest BCUT2D eigenvalue weighted by Crippen LogP contribution is -2.35. The Morgan fingerprint density at radius 3 is 2.72 bits per heavy atom. The summed E-state index contributed by atoms with van der Waals surface area (Å²) in [5, 5.41) is 16.6. The zero-order valence-electron chi connectivity index (χ0n) is 16.2. The number of carbonyl (C=O) groups excluding carboxylic acids is 1. The molecule has 1 aliphatic rings. The Balaban J connectivity index is 1.32. The number of piperidine rings is 1. The van der Waals surface area contributed by atoms with Gasteiger partial charge >= 0.3 is 5.97 Å². The molecule has 0 unspecified atom stereocenters. The van der Waals surface area contributed by atoms with E-state index in [9.17, 15) is 9.90 Å². The van der Waals surface area contributed by atoms with Gasteiger partial charge in [-0.1, -0.05) is 23.4 Å². The molecule has 0 radical (unpaired) electrons. The fraction of sp³-hybridized carbons (Fsp3) is 0.381. The minimum atomic E-state index is -0.377. The maximum Gasteiger partial charge on any atom is 0.337 e. The van der Waals surface area contributed by atoms with Crippen molar-refractivity contribution in [2.75, 3.05) is 20.2 Å². The van der Waals surface area contributed by atoms with Gasteiger partial charge in [-0.2, -0.15) is 4.98 Å². The molecule has 29 heavy (non-hydrogen) atoms. The second kappa shape index (κ2) is 8.86. The number of esters is 1. The van der Waals surface area contributed by atoms with E-state index in [-0.39, 0.29) is 18.0 Å². The van der Waals surface area contributed by atoms with Crippen molar-refractivity contribution < 1.29 is 19.2 Å². The van der Waals surface area contributed by atoms with Crippen LogP contribution in [0.3, 0.4) is 0 Å². The molecule has 0 bridgehead atoms. The highest BCUT2D eigenvalue weighted by Gasteiger charge is 2.27. The summed E-state index contributed by atoms with van der Waals surface area (Å²) < 4.78 is 10.1. The van der Waals surface area contributed by atoms with Crippen LogP contribution in [0.1, 0.15) is 40.1 Å². The molecule has 1 saturated heterocycles. The summed E-state index contributed by atoms with van der Waals surface area (Å²) in [6.45, 7) is 2.37. The van der Waals surface area contributed by atoms with E-state index >= 15 is 0 Å². The Hall–Kier alpha value is -2.55. The maximum atomic E-state index is 11.5. The molecule has 7 nitrogen and oxygen atoms in total. The topological polar surface area (TPSA) is 88.7 Å². The van der Waals surface area contributed by atoms with E-state index in [0.717, 1.165) is 36.4 Å². The van der Waals surface area contributed by atoms with Crippen LogP contribution in [-0.2, 0) is 11.3 Å². The number of hydrogen-bond donors (Lipinski definition) is 1. The number of likely N-dealkylation sites (tertiary alicyclic amines) is 1. The number of thiophene rings is 1. The van der Waals surface area contributed by atoms with Crippen LogP contribution in [0.5, 0.6) is 0 Å². The van der Waals surface area contributed by atoms with Crippen LogP contribution in [0, 0.1) is 5.92 Å². The standard InChI is InChI=1S/C21H23N3O4S/c1-27-21(26)16-6-4-15(5-7-16)20-22-18(28-23-20)13-24-10-8-14(9-11-24)19(25)17-3-2-12-29-17/h2-7,12,14,19,25H,8-11,13H2,1H3/t19-/m1/s1. The summed E-state index contributed by atoms with van der Waals surface area (Å²) in [6.07, 6.45) is 1.50. The van der Waals surface area contributed by atoms with E-state index in [1.165, 1.54) is 7.11 Å². The second-order valence-corrected chi connectivity index (χ2v) is 8.13. The Kier molecular flexibility index (Phi) is 6.03. The Labute approximate surface area is 172 Å². The highest BCUT2D eigenvalue weighted by atomic mass is 32.1. The molecule has 0 aliphatic carbocycles. The number of aliphatic hydroxyl groups excluding tert-OH is 1. The summed E-state index contributed by atoms with van der Waals surface area (Å²) in [4.78, 5) is 19.3. The van der Waals surface area contributed by atoms with Gasteiger partial charge in [0.1, 0.15) is 0 Å². The lowest BCUT2D eigenvalue weighted by molar-refractivity contribution is 0.0559. The number of methoxy groups -OCH3 is 1. The molecule has 1 atom stereocenters. The molecule has 1 N–H and O–H groups in total. The molecular weight excluding hydrogens is 390 g/mol. The van der Waals surface area contributed by atoms with E-state index in [1.54, 1.807) is 35.6 Å². The summed E-state index contributed by atoms with van der Waals surface area (Å²) in [6, 6.07) is 10.9. The van der Waals surface area contributed by atoms with Gasteiger partial charge in [0.25, 0.3) is 0 Å². The van der Waals surface area contributed by atoms with Crippen molar-refractivity contribution in [1.29, 1.82) is 0 Å². The van der Waals surface area contributed by atoms with E-state index in [1.807, 2.05) is 17.5 Å². The average molecular weight is 413 g/mol. The number of aliphatic hydroxyl groups is 1. The summed E-state index contributed by atoms with van der Waals surface area (Å²) in [5.41, 5.74) is 1.26. The van der Waals surface area contributed by atoms with Gasteiger partial charge in [0.05, 0.1) is 25.3 Å². The third kappa shape index (κ3) is 4.55. The summed E-state index contributed by atoms with van der Waals surface area (Å²) in [7, 11) is 1.35. The molecule has 0 saturated carbocycles. The Morgan fingerprint density at radius 1 is 1.31 bits per heavy atom. The van der Waals surface area contributed by atoms with Crippen molar-refractivity contribution in [2.45, 2.75) is 25.5 Å². The molecule has 2 aromatic heterocycles. The predicted octanol–water partition coefficient (Wildman–Crippen LogP) is 3.53. The van der Waals surface area contributed by atoms with Crippen molar-refractivity contribution in [3.8, 4) is 11.4 Å². The van der Waals surface area contributed by atoms with E-state index in [4.69, 9.17) is 9.26 Å². The fourth-order valence-electron chi connectivity index (χ4n) is 3.62. The highest BCUT2D eigenvalue weighted by molar-refractivity contribution is 7.10. The minimum absolute atomic E-state index is 0.288. The van der Waals surface area contributed by atoms with Gasteiger partial charge in [-0.25, -0.2) is 4.79 Å². The first-order valence-corrected chi connectivity index (χ1v) is 10.5. The predicted molar refractivity (Wildman–Crippen MR) is 108 cm³/mol. The van der Waals surface area contributed by atoms with Gasteiger partial charge < -0.3 is 14.4 Å².